The van der Waals surface area contributed by atoms with Crippen LogP contribution in [-0.4, -0.2) is 30.1 Å². The standard InChI is InChI=1S/C15H21NO2/c1-10-8-12-5-3-4-11-6-7-13(15(17)18-2)14(9-10)16(11)12/h6-7,10-12H,3-5,8-9H2,1-2H3/t10-,11+,12+/m1/s1. The summed E-state index contributed by atoms with van der Waals surface area (Å²) in [6, 6.07) is 1.15. The fraction of sp³-hybridized carbons (Fsp3) is 0.667. The molecule has 3 heteroatoms. The lowest BCUT2D eigenvalue weighted by Gasteiger charge is -2.50. The summed E-state index contributed by atoms with van der Waals surface area (Å²) in [5.74, 6) is 0.490. The van der Waals surface area contributed by atoms with Crippen LogP contribution in [-0.2, 0) is 9.53 Å². The lowest BCUT2D eigenvalue weighted by molar-refractivity contribution is -0.136. The Bertz CT molecular complexity index is 424. The Morgan fingerprint density at radius 1 is 1.44 bits per heavy atom. The molecule has 2 fully saturated rings. The zero-order valence-electron chi connectivity index (χ0n) is 11.2. The van der Waals surface area contributed by atoms with Crippen LogP contribution < -0.4 is 0 Å². The van der Waals surface area contributed by atoms with Crippen molar-refractivity contribution in [1.82, 2.24) is 4.90 Å². The van der Waals surface area contributed by atoms with Gasteiger partial charge in [0.05, 0.1) is 12.7 Å². The van der Waals surface area contributed by atoms with Crippen LogP contribution in [0.2, 0.25) is 0 Å². The number of nitrogens with zero attached hydrogens (tertiary/aromatic N) is 1. The van der Waals surface area contributed by atoms with Crippen molar-refractivity contribution in [2.24, 2.45) is 5.92 Å². The Morgan fingerprint density at radius 3 is 3.06 bits per heavy atom. The van der Waals surface area contributed by atoms with E-state index in [1.54, 1.807) is 0 Å². The third-order valence-corrected chi connectivity index (χ3v) is 4.52. The van der Waals surface area contributed by atoms with Gasteiger partial charge in [-0.1, -0.05) is 13.0 Å². The van der Waals surface area contributed by atoms with Crippen LogP contribution in [0.15, 0.2) is 23.4 Å². The van der Waals surface area contributed by atoms with Crippen molar-refractivity contribution in [2.75, 3.05) is 7.11 Å². The first-order valence-electron chi connectivity index (χ1n) is 6.98. The van der Waals surface area contributed by atoms with Crippen molar-refractivity contribution in [3.8, 4) is 0 Å². The average Bonchev–Trinajstić information content (AvgIpc) is 2.38. The summed E-state index contributed by atoms with van der Waals surface area (Å²) in [5.41, 5.74) is 2.02. The number of piperidine rings is 2. The van der Waals surface area contributed by atoms with E-state index in [4.69, 9.17) is 4.74 Å². The molecule has 0 saturated carbocycles. The van der Waals surface area contributed by atoms with Crippen LogP contribution in [0, 0.1) is 5.92 Å². The molecule has 0 amide bonds. The van der Waals surface area contributed by atoms with Crippen molar-refractivity contribution in [1.29, 1.82) is 0 Å². The Labute approximate surface area is 108 Å². The second-order valence-corrected chi connectivity index (χ2v) is 5.82. The molecular formula is C15H21NO2. The lowest BCUT2D eigenvalue weighted by Crippen LogP contribution is -2.50. The smallest absolute Gasteiger partial charge is 0.339 e. The van der Waals surface area contributed by atoms with Crippen LogP contribution >= 0.6 is 0 Å². The molecule has 0 aliphatic carbocycles. The average molecular weight is 247 g/mol. The molecule has 3 atom stereocenters. The minimum atomic E-state index is -0.182. The molecular weight excluding hydrogens is 226 g/mol. The molecule has 0 unspecified atom stereocenters. The number of carbonyl (C=O) groups is 1. The first-order chi connectivity index (χ1) is 8.70. The Kier molecular flexibility index (Phi) is 2.92. The van der Waals surface area contributed by atoms with Crippen molar-refractivity contribution in [2.45, 2.75) is 51.1 Å². The van der Waals surface area contributed by atoms with Gasteiger partial charge in [-0.2, -0.15) is 0 Å². The van der Waals surface area contributed by atoms with Crippen LogP contribution in [0.5, 0.6) is 0 Å². The monoisotopic (exact) mass is 247 g/mol. The molecule has 0 radical (unpaired) electrons. The van der Waals surface area contributed by atoms with Crippen molar-refractivity contribution in [3.63, 3.8) is 0 Å². The van der Waals surface area contributed by atoms with E-state index in [0.717, 1.165) is 12.0 Å². The first kappa shape index (κ1) is 11.8. The summed E-state index contributed by atoms with van der Waals surface area (Å²) in [4.78, 5) is 14.4. The molecule has 0 aromatic rings. The van der Waals surface area contributed by atoms with Gasteiger partial charge in [-0.15, -0.1) is 0 Å². The zero-order valence-corrected chi connectivity index (χ0v) is 11.2. The van der Waals surface area contributed by atoms with Gasteiger partial charge >= 0.3 is 5.97 Å². The molecule has 0 aromatic heterocycles. The molecule has 3 rings (SSSR count). The molecule has 2 saturated heterocycles. The molecule has 0 aromatic carbocycles. The fourth-order valence-electron chi connectivity index (χ4n) is 3.78. The Hall–Kier alpha value is -1.25. The highest BCUT2D eigenvalue weighted by molar-refractivity contribution is 5.92. The van der Waals surface area contributed by atoms with E-state index in [0.29, 0.717) is 18.0 Å². The molecule has 0 N–H and O–H groups in total. The predicted molar refractivity (Wildman–Crippen MR) is 69.8 cm³/mol. The van der Waals surface area contributed by atoms with Gasteiger partial charge in [-0.3, -0.25) is 0 Å². The summed E-state index contributed by atoms with van der Waals surface area (Å²) < 4.78 is 4.92. The molecule has 18 heavy (non-hydrogen) atoms. The van der Waals surface area contributed by atoms with E-state index in [-0.39, 0.29) is 5.97 Å². The van der Waals surface area contributed by atoms with Crippen LogP contribution in [0.4, 0.5) is 0 Å². The van der Waals surface area contributed by atoms with Gasteiger partial charge in [0.15, 0.2) is 0 Å². The van der Waals surface area contributed by atoms with Crippen LogP contribution in [0.3, 0.4) is 0 Å². The molecule has 3 heterocycles. The second kappa shape index (κ2) is 4.45. The molecule has 3 aliphatic rings. The topological polar surface area (TPSA) is 29.5 Å². The van der Waals surface area contributed by atoms with Crippen LogP contribution in [0.1, 0.15) is 39.0 Å². The number of rotatable bonds is 1. The third kappa shape index (κ3) is 1.76. The number of hydrogen-bond donors (Lipinski definition) is 0. The van der Waals surface area contributed by atoms with E-state index in [2.05, 4.69) is 17.9 Å². The lowest BCUT2D eigenvalue weighted by atomic mass is 9.79. The first-order valence-corrected chi connectivity index (χ1v) is 6.98. The van der Waals surface area contributed by atoms with Gasteiger partial charge in [-0.25, -0.2) is 4.79 Å². The number of ether oxygens (including phenoxy) is 1. The SMILES string of the molecule is COC(=O)C1=C2C[C@H](C)C[C@@H]3CCC[C@@H](C=C1)N23. The minimum Gasteiger partial charge on any atom is -0.465 e. The summed E-state index contributed by atoms with van der Waals surface area (Å²) in [6.07, 6.45) is 10.3. The minimum absolute atomic E-state index is 0.182. The predicted octanol–water partition coefficient (Wildman–Crippen LogP) is 2.64. The van der Waals surface area contributed by atoms with E-state index in [9.17, 15) is 4.79 Å². The molecule has 0 bridgehead atoms. The van der Waals surface area contributed by atoms with E-state index >= 15 is 0 Å². The van der Waals surface area contributed by atoms with E-state index < -0.39 is 0 Å². The number of methoxy groups -OCH3 is 1. The number of esters is 1. The molecule has 3 aliphatic heterocycles. The van der Waals surface area contributed by atoms with Crippen molar-refractivity contribution in [3.05, 3.63) is 23.4 Å². The maximum Gasteiger partial charge on any atom is 0.339 e. The highest BCUT2D eigenvalue weighted by atomic mass is 16.5. The summed E-state index contributed by atoms with van der Waals surface area (Å²) in [6.45, 7) is 2.29. The van der Waals surface area contributed by atoms with E-state index in [1.807, 2.05) is 6.08 Å². The molecule has 98 valence electrons. The normalized spacial score (nSPS) is 34.3. The summed E-state index contributed by atoms with van der Waals surface area (Å²) >= 11 is 0. The van der Waals surface area contributed by atoms with Crippen molar-refractivity contribution >= 4 is 5.97 Å². The highest BCUT2D eigenvalue weighted by Crippen LogP contribution is 2.42. The summed E-state index contributed by atoms with van der Waals surface area (Å²) in [5, 5.41) is 0. The Morgan fingerprint density at radius 2 is 2.28 bits per heavy atom. The third-order valence-electron chi connectivity index (χ3n) is 4.52. The molecule has 3 nitrogen and oxygen atoms in total. The van der Waals surface area contributed by atoms with Gasteiger partial charge in [0.2, 0.25) is 0 Å². The highest BCUT2D eigenvalue weighted by Gasteiger charge is 2.39. The van der Waals surface area contributed by atoms with Gasteiger partial charge < -0.3 is 9.64 Å². The fourth-order valence-corrected chi connectivity index (χ4v) is 3.78. The van der Waals surface area contributed by atoms with Gasteiger partial charge in [0.25, 0.3) is 0 Å². The molecule has 0 spiro atoms. The van der Waals surface area contributed by atoms with Gasteiger partial charge in [0.1, 0.15) is 0 Å². The zero-order chi connectivity index (χ0) is 12.7. The Balaban J connectivity index is 2.01. The van der Waals surface area contributed by atoms with Crippen molar-refractivity contribution < 1.29 is 9.53 Å². The van der Waals surface area contributed by atoms with Gasteiger partial charge in [-0.05, 0) is 44.1 Å². The number of allylic oxidation sites excluding steroid dienone is 1. The number of hydrogen-bond acceptors (Lipinski definition) is 3. The van der Waals surface area contributed by atoms with Crippen LogP contribution in [0.25, 0.3) is 0 Å². The largest absolute Gasteiger partial charge is 0.465 e. The maximum atomic E-state index is 11.9. The summed E-state index contributed by atoms with van der Waals surface area (Å²) in [7, 11) is 1.47. The van der Waals surface area contributed by atoms with Gasteiger partial charge in [0, 0.05) is 17.8 Å². The second-order valence-electron chi connectivity index (χ2n) is 5.82. The van der Waals surface area contributed by atoms with E-state index in [1.165, 1.54) is 38.5 Å². The number of carbonyl (C=O) groups excluding carboxylic acids is 1. The quantitative estimate of drug-likeness (QED) is 0.667. The maximum absolute atomic E-state index is 11.9.